The molecule has 3 rings (SSSR count). The van der Waals surface area contributed by atoms with Gasteiger partial charge in [0.15, 0.2) is 5.78 Å². The number of hydrogen-bond donors (Lipinski definition) is 0. The molecule has 0 radical (unpaired) electrons. The normalized spacial score (nSPS) is 20.1. The quantitative estimate of drug-likeness (QED) is 0.608. The summed E-state index contributed by atoms with van der Waals surface area (Å²) in [6, 6.07) is 13.0. The van der Waals surface area contributed by atoms with Crippen LogP contribution < -0.4 is 0 Å². The highest BCUT2D eigenvalue weighted by Gasteiger charge is 2.54. The Morgan fingerprint density at radius 3 is 2.17 bits per heavy atom. The van der Waals surface area contributed by atoms with E-state index in [0.717, 1.165) is 0 Å². The zero-order valence-electron chi connectivity index (χ0n) is 14.6. The molecule has 0 unspecified atom stereocenters. The van der Waals surface area contributed by atoms with Crippen LogP contribution in [0.4, 0.5) is 0 Å². The van der Waals surface area contributed by atoms with Gasteiger partial charge in [-0.05, 0) is 39.8 Å². The van der Waals surface area contributed by atoms with Crippen LogP contribution >= 0.6 is 0 Å². The Morgan fingerprint density at radius 2 is 1.62 bits per heavy atom. The molecule has 1 atom stereocenters. The first-order valence-electron chi connectivity index (χ1n) is 8.27. The maximum Gasteiger partial charge on any atom is 0.469 e. The Kier molecular flexibility index (Phi) is 4.41. The lowest BCUT2D eigenvalue weighted by Crippen LogP contribution is -2.41. The molecule has 126 valence electrons. The maximum atomic E-state index is 12.7. The van der Waals surface area contributed by atoms with Gasteiger partial charge in [0.05, 0.1) is 23.3 Å². The van der Waals surface area contributed by atoms with E-state index in [1.165, 1.54) is 0 Å². The molecule has 1 aliphatic rings. The molecule has 1 aliphatic heterocycles. The minimum Gasteiger partial charge on any atom is -0.470 e. The van der Waals surface area contributed by atoms with Crippen molar-refractivity contribution in [3.63, 3.8) is 0 Å². The summed E-state index contributed by atoms with van der Waals surface area (Å²) in [5, 5.41) is 0. The van der Waals surface area contributed by atoms with Crippen molar-refractivity contribution >= 4 is 12.9 Å². The number of rotatable bonds is 5. The molecular formula is C19H23BO4. The van der Waals surface area contributed by atoms with E-state index in [-0.39, 0.29) is 18.0 Å². The van der Waals surface area contributed by atoms with Crippen LogP contribution in [-0.2, 0) is 9.31 Å². The third-order valence-electron chi connectivity index (χ3n) is 5.01. The zero-order chi connectivity index (χ0) is 17.4. The second kappa shape index (κ2) is 6.23. The minimum absolute atomic E-state index is 0.0479. The van der Waals surface area contributed by atoms with Crippen molar-refractivity contribution in [2.45, 2.75) is 51.1 Å². The fourth-order valence-corrected chi connectivity index (χ4v) is 2.83. The number of carbonyl (C=O) groups excluding carboxylic acids is 1. The molecule has 0 amide bonds. The molecule has 1 saturated heterocycles. The highest BCUT2D eigenvalue weighted by Crippen LogP contribution is 2.42. The van der Waals surface area contributed by atoms with Crippen molar-refractivity contribution in [2.24, 2.45) is 0 Å². The van der Waals surface area contributed by atoms with Crippen molar-refractivity contribution < 1.29 is 18.5 Å². The molecule has 0 aliphatic carbocycles. The molecule has 1 aromatic carbocycles. The van der Waals surface area contributed by atoms with E-state index in [9.17, 15) is 4.79 Å². The van der Waals surface area contributed by atoms with Crippen LogP contribution in [0.15, 0.2) is 53.1 Å². The summed E-state index contributed by atoms with van der Waals surface area (Å²) >= 11 is 0. The van der Waals surface area contributed by atoms with Gasteiger partial charge in [0.2, 0.25) is 0 Å². The lowest BCUT2D eigenvalue weighted by atomic mass is 9.67. The van der Waals surface area contributed by atoms with E-state index in [0.29, 0.717) is 11.3 Å². The summed E-state index contributed by atoms with van der Waals surface area (Å²) in [5.41, 5.74) is -0.207. The molecule has 0 N–H and O–H groups in total. The van der Waals surface area contributed by atoms with Crippen molar-refractivity contribution in [3.8, 4) is 0 Å². The van der Waals surface area contributed by atoms with Gasteiger partial charge in [-0.1, -0.05) is 30.3 Å². The second-order valence-corrected chi connectivity index (χ2v) is 7.24. The van der Waals surface area contributed by atoms with Crippen molar-refractivity contribution in [1.82, 2.24) is 0 Å². The molecule has 0 bridgehead atoms. The van der Waals surface area contributed by atoms with E-state index in [1.54, 1.807) is 6.26 Å². The predicted molar refractivity (Wildman–Crippen MR) is 92.9 cm³/mol. The van der Waals surface area contributed by atoms with Gasteiger partial charge in [-0.15, -0.1) is 0 Å². The predicted octanol–water partition coefficient (Wildman–Crippen LogP) is 4.27. The van der Waals surface area contributed by atoms with Gasteiger partial charge in [-0.25, -0.2) is 0 Å². The Labute approximate surface area is 143 Å². The van der Waals surface area contributed by atoms with Gasteiger partial charge in [0.25, 0.3) is 0 Å². The number of hydrogen-bond acceptors (Lipinski definition) is 4. The molecule has 1 aromatic heterocycles. The van der Waals surface area contributed by atoms with Crippen LogP contribution in [0.1, 0.15) is 56.1 Å². The van der Waals surface area contributed by atoms with Gasteiger partial charge in [-0.3, -0.25) is 4.79 Å². The molecule has 24 heavy (non-hydrogen) atoms. The second-order valence-electron chi connectivity index (χ2n) is 7.24. The Bertz CT molecular complexity index is 675. The third-order valence-corrected chi connectivity index (χ3v) is 5.01. The highest BCUT2D eigenvalue weighted by molar-refractivity contribution is 6.48. The third kappa shape index (κ3) is 3.19. The largest absolute Gasteiger partial charge is 0.470 e. The Hall–Kier alpha value is -1.85. The molecular weight excluding hydrogens is 303 g/mol. The summed E-state index contributed by atoms with van der Waals surface area (Å²) in [6.07, 6.45) is 1.88. The molecule has 4 nitrogen and oxygen atoms in total. The first-order valence-corrected chi connectivity index (χ1v) is 8.27. The van der Waals surface area contributed by atoms with Crippen molar-refractivity contribution in [3.05, 3.63) is 60.1 Å². The first-order chi connectivity index (χ1) is 11.3. The topological polar surface area (TPSA) is 48.7 Å². The standard InChI is InChI=1S/C19H23BO4/c1-18(2)19(3,4)24-20(23-18)15(17-11-8-12-22-17)13-16(21)14-9-6-5-7-10-14/h5-12,15H,13H2,1-4H3/t15-/m0/s1. The van der Waals surface area contributed by atoms with E-state index < -0.39 is 18.3 Å². The summed E-state index contributed by atoms with van der Waals surface area (Å²) in [5.74, 6) is 0.471. The van der Waals surface area contributed by atoms with Gasteiger partial charge in [0.1, 0.15) is 5.76 Å². The zero-order valence-corrected chi connectivity index (χ0v) is 14.6. The fraction of sp³-hybridized carbons (Fsp3) is 0.421. The summed E-state index contributed by atoms with van der Waals surface area (Å²) in [7, 11) is -0.520. The molecule has 2 heterocycles. The van der Waals surface area contributed by atoms with Gasteiger partial charge < -0.3 is 13.7 Å². The molecule has 2 aromatic rings. The van der Waals surface area contributed by atoms with Gasteiger partial charge >= 0.3 is 7.12 Å². The van der Waals surface area contributed by atoms with E-state index in [4.69, 9.17) is 13.7 Å². The smallest absolute Gasteiger partial charge is 0.469 e. The Balaban J connectivity index is 1.85. The maximum absolute atomic E-state index is 12.7. The average molecular weight is 326 g/mol. The van der Waals surface area contributed by atoms with Gasteiger partial charge in [-0.2, -0.15) is 0 Å². The van der Waals surface area contributed by atoms with Crippen LogP contribution in [0.3, 0.4) is 0 Å². The summed E-state index contributed by atoms with van der Waals surface area (Å²) < 4.78 is 17.9. The number of ketones is 1. The summed E-state index contributed by atoms with van der Waals surface area (Å²) in [6.45, 7) is 8.02. The van der Waals surface area contributed by atoms with Gasteiger partial charge in [0, 0.05) is 12.0 Å². The summed E-state index contributed by atoms with van der Waals surface area (Å²) in [4.78, 5) is 12.7. The number of Topliss-reactive ketones (excluding diaryl/α,β-unsaturated/α-hetero) is 1. The molecule has 0 saturated carbocycles. The molecule has 0 spiro atoms. The van der Waals surface area contributed by atoms with Crippen LogP contribution in [-0.4, -0.2) is 24.1 Å². The van der Waals surface area contributed by atoms with Crippen LogP contribution in [0.2, 0.25) is 0 Å². The monoisotopic (exact) mass is 326 g/mol. The highest BCUT2D eigenvalue weighted by atomic mass is 16.7. The van der Waals surface area contributed by atoms with Crippen molar-refractivity contribution in [1.29, 1.82) is 0 Å². The lowest BCUT2D eigenvalue weighted by molar-refractivity contribution is 0.00578. The SMILES string of the molecule is CC1(C)OB([C@@H](CC(=O)c2ccccc2)c2ccco2)OC1(C)C. The minimum atomic E-state index is -0.520. The first kappa shape index (κ1) is 17.0. The van der Waals surface area contributed by atoms with E-state index in [2.05, 4.69) is 0 Å². The number of carbonyl (C=O) groups is 1. The molecule has 5 heteroatoms. The van der Waals surface area contributed by atoms with Crippen LogP contribution in [0.25, 0.3) is 0 Å². The van der Waals surface area contributed by atoms with E-state index in [1.807, 2.05) is 70.2 Å². The van der Waals surface area contributed by atoms with E-state index >= 15 is 0 Å². The molecule has 1 fully saturated rings. The number of furan rings is 1. The lowest BCUT2D eigenvalue weighted by Gasteiger charge is -2.32. The number of benzene rings is 1. The van der Waals surface area contributed by atoms with Crippen LogP contribution in [0.5, 0.6) is 0 Å². The van der Waals surface area contributed by atoms with Crippen molar-refractivity contribution in [2.75, 3.05) is 0 Å². The van der Waals surface area contributed by atoms with Crippen LogP contribution in [0, 0.1) is 0 Å². The average Bonchev–Trinajstić information content (AvgIpc) is 3.12. The Morgan fingerprint density at radius 1 is 1.00 bits per heavy atom. The fourth-order valence-electron chi connectivity index (χ4n) is 2.83.